The zero-order valence-electron chi connectivity index (χ0n) is 16.6. The van der Waals surface area contributed by atoms with Crippen LogP contribution in [0.4, 0.5) is 0 Å². The van der Waals surface area contributed by atoms with E-state index in [-0.39, 0.29) is 0 Å². The third-order valence-corrected chi connectivity index (χ3v) is 4.10. The molecule has 1 rings (SSSR count). The van der Waals surface area contributed by atoms with Crippen molar-refractivity contribution < 1.29 is 60.2 Å². The minimum Gasteiger partial charge on any atom is -0.394 e. The molecule has 12 nitrogen and oxygen atoms in total. The topological polar surface area (TPSA) is 210 Å². The summed E-state index contributed by atoms with van der Waals surface area (Å²) < 4.78 is 15.0. The average molecular weight is 442 g/mol. The molecule has 30 heavy (non-hydrogen) atoms. The summed E-state index contributed by atoms with van der Waals surface area (Å²) in [7, 11) is 0. The smallest absolute Gasteiger partial charge is 0.187 e. The van der Waals surface area contributed by atoms with E-state index in [1.165, 1.54) is 0 Å². The molecule has 9 atom stereocenters. The van der Waals surface area contributed by atoms with Crippen LogP contribution < -0.4 is 0 Å². The summed E-state index contributed by atoms with van der Waals surface area (Å²) in [6.45, 7) is 5.73. The Bertz CT molecular complexity index is 454. The highest BCUT2D eigenvalue weighted by Crippen LogP contribution is 2.24. The Morgan fingerprint density at radius 3 is 1.80 bits per heavy atom. The molecule has 12 heteroatoms. The first-order chi connectivity index (χ1) is 14.2. The lowest BCUT2D eigenvalue weighted by Gasteiger charge is -2.42. The van der Waals surface area contributed by atoms with Gasteiger partial charge in [-0.1, -0.05) is 12.2 Å². The van der Waals surface area contributed by atoms with E-state index in [0.717, 1.165) is 0 Å². The number of aliphatic hydroxyl groups excluding tert-OH is 9. The Hall–Kier alpha value is -1.00. The van der Waals surface area contributed by atoms with Gasteiger partial charge in [-0.3, -0.25) is 0 Å². The number of aliphatic hydroxyl groups is 9. The number of hydrogen-bond donors (Lipinski definition) is 9. The van der Waals surface area contributed by atoms with Gasteiger partial charge >= 0.3 is 0 Å². The van der Waals surface area contributed by atoms with E-state index in [1.54, 1.807) is 12.2 Å². The summed E-state index contributed by atoms with van der Waals surface area (Å²) in [5, 5.41) is 84.9. The molecule has 0 aliphatic carbocycles. The van der Waals surface area contributed by atoms with Crippen molar-refractivity contribution in [3.8, 4) is 0 Å². The number of rotatable bonds is 12. The molecule has 1 aliphatic heterocycles. The molecule has 0 radical (unpaired) electrons. The standard InChI is InChI=1S/C12H24O11.C6H10O/c13-1-4(16)7(18)11(5(17)2-14)23-12-10(21)9(20)8(19)6(3-15)22-12;1-3-5-7-6-4-2/h4-21H,1-3H2;3-4H,1-2,5-6H2/t4-,5+,6+,7+,8+,9-,10+,11+,12+;/m0./s1. The van der Waals surface area contributed by atoms with Crippen LogP contribution in [0.1, 0.15) is 0 Å². The van der Waals surface area contributed by atoms with E-state index in [1.807, 2.05) is 0 Å². The fraction of sp³-hybridized carbons (Fsp3) is 0.778. The van der Waals surface area contributed by atoms with Gasteiger partial charge in [-0.2, -0.15) is 0 Å². The van der Waals surface area contributed by atoms with Crippen LogP contribution in [0.5, 0.6) is 0 Å². The molecule has 178 valence electrons. The van der Waals surface area contributed by atoms with Gasteiger partial charge in [-0.05, 0) is 0 Å². The van der Waals surface area contributed by atoms with E-state index < -0.39 is 74.9 Å². The Labute approximate surface area is 174 Å². The van der Waals surface area contributed by atoms with Gasteiger partial charge in [-0.15, -0.1) is 13.2 Å². The summed E-state index contributed by atoms with van der Waals surface area (Å²) in [4.78, 5) is 0. The molecule has 1 saturated heterocycles. The molecule has 0 saturated carbocycles. The van der Waals surface area contributed by atoms with Crippen molar-refractivity contribution in [3.63, 3.8) is 0 Å². The Morgan fingerprint density at radius 2 is 1.37 bits per heavy atom. The third kappa shape index (κ3) is 9.01. The summed E-state index contributed by atoms with van der Waals surface area (Å²) in [5.41, 5.74) is 0. The normalized spacial score (nSPS) is 30.4. The second kappa shape index (κ2) is 15.8. The third-order valence-electron chi connectivity index (χ3n) is 4.10. The van der Waals surface area contributed by atoms with Crippen molar-refractivity contribution in [2.75, 3.05) is 33.0 Å². The zero-order valence-corrected chi connectivity index (χ0v) is 16.6. The molecule has 1 aliphatic rings. The van der Waals surface area contributed by atoms with Crippen molar-refractivity contribution >= 4 is 0 Å². The van der Waals surface area contributed by atoms with E-state index in [9.17, 15) is 30.6 Å². The number of ether oxygens (including phenoxy) is 3. The van der Waals surface area contributed by atoms with Gasteiger partial charge in [0.05, 0.1) is 33.0 Å². The summed E-state index contributed by atoms with van der Waals surface area (Å²) in [5.74, 6) is 0. The average Bonchev–Trinajstić information content (AvgIpc) is 2.76. The molecule has 9 N–H and O–H groups in total. The quantitative estimate of drug-likeness (QED) is 0.104. The van der Waals surface area contributed by atoms with Crippen molar-refractivity contribution in [1.82, 2.24) is 0 Å². The molecule has 0 aromatic heterocycles. The maximum absolute atomic E-state index is 9.83. The predicted octanol–water partition coefficient (Wildman–Crippen LogP) is -4.39. The van der Waals surface area contributed by atoms with E-state index in [4.69, 9.17) is 29.5 Å². The van der Waals surface area contributed by atoms with E-state index in [2.05, 4.69) is 13.2 Å². The Kier molecular flexibility index (Phi) is 15.2. The predicted molar refractivity (Wildman–Crippen MR) is 102 cm³/mol. The lowest BCUT2D eigenvalue weighted by atomic mass is 9.98. The minimum atomic E-state index is -1.85. The van der Waals surface area contributed by atoms with Gasteiger partial charge in [0, 0.05) is 0 Å². The van der Waals surface area contributed by atoms with Crippen LogP contribution in [-0.2, 0) is 14.2 Å². The van der Waals surface area contributed by atoms with Crippen LogP contribution in [0.2, 0.25) is 0 Å². The Balaban J connectivity index is 0.00000103. The summed E-state index contributed by atoms with van der Waals surface area (Å²) in [6, 6.07) is 0. The first kappa shape index (κ1) is 29.0. The van der Waals surface area contributed by atoms with Gasteiger partial charge < -0.3 is 60.2 Å². The summed E-state index contributed by atoms with van der Waals surface area (Å²) >= 11 is 0. The fourth-order valence-corrected chi connectivity index (χ4v) is 2.40. The molecule has 1 heterocycles. The number of hydrogen-bond acceptors (Lipinski definition) is 12. The molecule has 0 aromatic rings. The van der Waals surface area contributed by atoms with Gasteiger partial charge in [0.2, 0.25) is 0 Å². The highest BCUT2D eigenvalue weighted by molar-refractivity contribution is 4.91. The highest BCUT2D eigenvalue weighted by atomic mass is 16.7. The van der Waals surface area contributed by atoms with Crippen molar-refractivity contribution in [3.05, 3.63) is 25.3 Å². The molecular formula is C18H34O12. The Morgan fingerprint density at radius 1 is 0.833 bits per heavy atom. The van der Waals surface area contributed by atoms with Crippen LogP contribution in [0.25, 0.3) is 0 Å². The van der Waals surface area contributed by atoms with Gasteiger partial charge in [0.15, 0.2) is 6.29 Å². The highest BCUT2D eigenvalue weighted by Gasteiger charge is 2.46. The van der Waals surface area contributed by atoms with Crippen LogP contribution in [0, 0.1) is 0 Å². The molecule has 1 fully saturated rings. The first-order valence-electron chi connectivity index (χ1n) is 9.21. The molecule has 0 spiro atoms. The van der Waals surface area contributed by atoms with E-state index >= 15 is 0 Å². The van der Waals surface area contributed by atoms with E-state index in [0.29, 0.717) is 13.2 Å². The lowest BCUT2D eigenvalue weighted by molar-refractivity contribution is -0.327. The largest absolute Gasteiger partial charge is 0.394 e. The maximum atomic E-state index is 9.83. The van der Waals surface area contributed by atoms with Crippen molar-refractivity contribution in [2.45, 2.75) is 55.1 Å². The first-order valence-corrected chi connectivity index (χ1v) is 9.21. The van der Waals surface area contributed by atoms with Crippen molar-refractivity contribution in [2.24, 2.45) is 0 Å². The van der Waals surface area contributed by atoms with Crippen LogP contribution in [0.15, 0.2) is 25.3 Å². The van der Waals surface area contributed by atoms with Gasteiger partial charge in [-0.25, -0.2) is 0 Å². The summed E-state index contributed by atoms with van der Waals surface area (Å²) in [6.07, 6.45) is -11.7. The fourth-order valence-electron chi connectivity index (χ4n) is 2.40. The maximum Gasteiger partial charge on any atom is 0.187 e. The minimum absolute atomic E-state index is 0.617. The molecular weight excluding hydrogens is 408 g/mol. The zero-order chi connectivity index (χ0) is 23.3. The second-order valence-electron chi connectivity index (χ2n) is 6.40. The molecule has 0 amide bonds. The van der Waals surface area contributed by atoms with Crippen molar-refractivity contribution in [1.29, 1.82) is 0 Å². The molecule has 0 aromatic carbocycles. The molecule has 0 unspecified atom stereocenters. The second-order valence-corrected chi connectivity index (χ2v) is 6.40. The monoisotopic (exact) mass is 442 g/mol. The van der Waals surface area contributed by atoms with Crippen LogP contribution in [-0.4, -0.2) is 134 Å². The SMILES string of the molecule is C=CCOCC=C.OC[C@@H](O)[C@@H](O[C@H]1O[C@H](CO)[C@@H](O)[C@H](O)[C@H]1O)[C@H](O)[C@@H](O)CO. The van der Waals surface area contributed by atoms with Crippen LogP contribution >= 0.6 is 0 Å². The molecule has 0 bridgehead atoms. The van der Waals surface area contributed by atoms with Gasteiger partial charge in [0.25, 0.3) is 0 Å². The lowest BCUT2D eigenvalue weighted by Crippen LogP contribution is -2.61. The van der Waals surface area contributed by atoms with Gasteiger partial charge in [0.1, 0.15) is 48.8 Å². The van der Waals surface area contributed by atoms with Crippen LogP contribution in [0.3, 0.4) is 0 Å².